The Morgan fingerprint density at radius 1 is 0.590 bits per heavy atom. The summed E-state index contributed by atoms with van der Waals surface area (Å²) in [5, 5.41) is 0. The minimum atomic E-state index is -0.894. The van der Waals surface area contributed by atoms with E-state index in [9.17, 15) is 9.59 Å². The van der Waals surface area contributed by atoms with Gasteiger partial charge in [0.1, 0.15) is 17.1 Å². The highest BCUT2D eigenvalue weighted by molar-refractivity contribution is 6.21. The van der Waals surface area contributed by atoms with Crippen molar-refractivity contribution >= 4 is 11.8 Å². The van der Waals surface area contributed by atoms with E-state index in [1.54, 1.807) is 38.5 Å². The van der Waals surface area contributed by atoms with E-state index in [2.05, 4.69) is 12.1 Å². The van der Waals surface area contributed by atoms with Gasteiger partial charge in [0.2, 0.25) is 0 Å². The Morgan fingerprint density at radius 3 is 1.54 bits per heavy atom. The predicted molar refractivity (Wildman–Crippen MR) is 149 cm³/mol. The quantitative estimate of drug-likeness (QED) is 0.136. The number of carbonyl (C=O) groups excluding carboxylic acids is 2. The second-order valence-electron chi connectivity index (χ2n) is 9.37. The normalized spacial score (nSPS) is 12.9. The molecule has 4 aromatic rings. The number of amides is 2. The van der Waals surface area contributed by atoms with Crippen molar-refractivity contribution in [3.8, 4) is 11.5 Å². The van der Waals surface area contributed by atoms with Crippen LogP contribution in [0, 0.1) is 0 Å². The summed E-state index contributed by atoms with van der Waals surface area (Å²) in [6.07, 6.45) is 1.29. The molecular weight excluding hydrogens is 490 g/mol. The molecule has 0 spiro atoms. The highest BCUT2D eigenvalue weighted by atomic mass is 16.5. The third kappa shape index (κ3) is 5.03. The molecule has 4 aromatic carbocycles. The first-order chi connectivity index (χ1) is 19.1. The van der Waals surface area contributed by atoms with Gasteiger partial charge in [0.05, 0.1) is 25.3 Å². The van der Waals surface area contributed by atoms with E-state index in [0.29, 0.717) is 37.1 Å². The first-order valence-electron chi connectivity index (χ1n) is 13.0. The minimum absolute atomic E-state index is 0.230. The van der Waals surface area contributed by atoms with Gasteiger partial charge in [0.25, 0.3) is 11.8 Å². The lowest BCUT2D eigenvalue weighted by atomic mass is 9.80. The molecule has 0 unspecified atom stereocenters. The van der Waals surface area contributed by atoms with Crippen molar-refractivity contribution in [1.82, 2.24) is 4.90 Å². The van der Waals surface area contributed by atoms with Gasteiger partial charge in [-0.3, -0.25) is 14.5 Å². The third-order valence-corrected chi connectivity index (χ3v) is 7.15. The van der Waals surface area contributed by atoms with E-state index >= 15 is 0 Å². The van der Waals surface area contributed by atoms with Crippen molar-refractivity contribution in [2.24, 2.45) is 0 Å². The zero-order valence-corrected chi connectivity index (χ0v) is 22.1. The van der Waals surface area contributed by atoms with Gasteiger partial charge in [-0.2, -0.15) is 0 Å². The number of methoxy groups -OCH3 is 2. The van der Waals surface area contributed by atoms with Crippen LogP contribution in [0.4, 0.5) is 0 Å². The number of carbonyl (C=O) groups is 2. The fraction of sp³-hybridized carbons (Fsp3) is 0.212. The molecule has 0 atom stereocenters. The number of hydrogen-bond donors (Lipinski definition) is 0. The summed E-state index contributed by atoms with van der Waals surface area (Å²) in [6, 6.07) is 32.9. The van der Waals surface area contributed by atoms with Gasteiger partial charge >= 0.3 is 0 Å². The summed E-state index contributed by atoms with van der Waals surface area (Å²) in [5.74, 6) is 1.06. The first-order valence-corrected chi connectivity index (χ1v) is 13.0. The van der Waals surface area contributed by atoms with Gasteiger partial charge in [-0.05, 0) is 65.9 Å². The van der Waals surface area contributed by atoms with Crippen LogP contribution < -0.4 is 9.47 Å². The monoisotopic (exact) mass is 521 g/mol. The average Bonchev–Trinajstić information content (AvgIpc) is 3.24. The number of benzene rings is 4. The Bertz CT molecular complexity index is 1350. The highest BCUT2D eigenvalue weighted by Gasteiger charge is 2.38. The van der Waals surface area contributed by atoms with Crippen LogP contribution in [0.25, 0.3) is 0 Å². The summed E-state index contributed by atoms with van der Waals surface area (Å²) in [7, 11) is 3.29. The Balaban J connectivity index is 1.40. The molecule has 0 aliphatic carbocycles. The second-order valence-corrected chi connectivity index (χ2v) is 9.37. The van der Waals surface area contributed by atoms with Crippen molar-refractivity contribution < 1.29 is 23.8 Å². The first kappa shape index (κ1) is 26.2. The molecule has 1 aliphatic heterocycles. The number of ether oxygens (including phenoxy) is 3. The van der Waals surface area contributed by atoms with Gasteiger partial charge in [0, 0.05) is 13.2 Å². The molecule has 6 nitrogen and oxygen atoms in total. The molecule has 6 heteroatoms. The van der Waals surface area contributed by atoms with E-state index in [4.69, 9.17) is 14.2 Å². The maximum atomic E-state index is 12.7. The molecule has 0 aromatic heterocycles. The van der Waals surface area contributed by atoms with Crippen LogP contribution in [-0.4, -0.2) is 44.1 Å². The fourth-order valence-corrected chi connectivity index (χ4v) is 5.11. The maximum absolute atomic E-state index is 12.7. The van der Waals surface area contributed by atoms with Crippen LogP contribution >= 0.6 is 0 Å². The highest BCUT2D eigenvalue weighted by Crippen LogP contribution is 2.41. The van der Waals surface area contributed by atoms with E-state index < -0.39 is 5.60 Å². The SMILES string of the molecule is COc1ccc(C(OCCCCN2C(=O)c3ccccc3C2=O)(c2ccccc2)c2ccc(OC)cc2)cc1. The Hall–Kier alpha value is -4.42. The smallest absolute Gasteiger partial charge is 0.261 e. The van der Waals surface area contributed by atoms with Gasteiger partial charge in [-0.15, -0.1) is 0 Å². The summed E-state index contributed by atoms with van der Waals surface area (Å²) in [4.78, 5) is 26.8. The molecule has 1 heterocycles. The third-order valence-electron chi connectivity index (χ3n) is 7.15. The van der Waals surface area contributed by atoms with Gasteiger partial charge in [-0.1, -0.05) is 66.7 Å². The van der Waals surface area contributed by atoms with E-state index in [0.717, 1.165) is 28.2 Å². The molecule has 0 saturated heterocycles. The summed E-state index contributed by atoms with van der Waals surface area (Å²) < 4.78 is 17.7. The lowest BCUT2D eigenvalue weighted by Crippen LogP contribution is -2.34. The van der Waals surface area contributed by atoms with Crippen molar-refractivity contribution in [2.75, 3.05) is 27.4 Å². The number of imide groups is 1. The number of rotatable bonds is 11. The lowest BCUT2D eigenvalue weighted by Gasteiger charge is -2.36. The zero-order chi connectivity index (χ0) is 27.2. The largest absolute Gasteiger partial charge is 0.497 e. The van der Waals surface area contributed by atoms with Crippen LogP contribution in [0.1, 0.15) is 50.2 Å². The number of nitrogens with zero attached hydrogens (tertiary/aromatic N) is 1. The zero-order valence-electron chi connectivity index (χ0n) is 22.1. The molecule has 0 bridgehead atoms. The van der Waals surface area contributed by atoms with Gasteiger partial charge < -0.3 is 14.2 Å². The maximum Gasteiger partial charge on any atom is 0.261 e. The minimum Gasteiger partial charge on any atom is -0.497 e. The molecule has 0 radical (unpaired) electrons. The number of hydrogen-bond acceptors (Lipinski definition) is 5. The standard InChI is InChI=1S/C33H31NO5/c1-37-27-18-14-25(15-19-27)33(24-10-4-3-5-11-24,26-16-20-28(38-2)21-17-26)39-23-9-8-22-34-31(35)29-12-6-7-13-30(29)32(34)36/h3-7,10-21H,8-9,22-23H2,1-2H3. The lowest BCUT2D eigenvalue weighted by molar-refractivity contribution is 0.00994. The molecule has 5 rings (SSSR count). The van der Waals surface area contributed by atoms with Crippen molar-refractivity contribution in [2.45, 2.75) is 18.4 Å². The van der Waals surface area contributed by atoms with Crippen molar-refractivity contribution in [1.29, 1.82) is 0 Å². The topological polar surface area (TPSA) is 65.1 Å². The average molecular weight is 522 g/mol. The van der Waals surface area contributed by atoms with Gasteiger partial charge in [0.15, 0.2) is 0 Å². The van der Waals surface area contributed by atoms with E-state index in [1.807, 2.05) is 66.7 Å². The molecule has 39 heavy (non-hydrogen) atoms. The number of unbranched alkanes of at least 4 members (excludes halogenated alkanes) is 1. The predicted octanol–water partition coefficient (Wildman–Crippen LogP) is 6.09. The second kappa shape index (κ2) is 11.5. The molecule has 1 aliphatic rings. The Morgan fingerprint density at radius 2 is 1.05 bits per heavy atom. The molecule has 0 N–H and O–H groups in total. The van der Waals surface area contributed by atoms with Gasteiger partial charge in [-0.25, -0.2) is 0 Å². The molecule has 2 amide bonds. The summed E-state index contributed by atoms with van der Waals surface area (Å²) in [5.41, 5.74) is 2.96. The molecular formula is C33H31NO5. The van der Waals surface area contributed by atoms with Crippen LogP contribution in [0.3, 0.4) is 0 Å². The Labute approximate surface area is 228 Å². The Kier molecular flexibility index (Phi) is 7.75. The van der Waals surface area contributed by atoms with E-state index in [1.165, 1.54) is 4.90 Å². The summed E-state index contributed by atoms with van der Waals surface area (Å²) in [6.45, 7) is 0.759. The van der Waals surface area contributed by atoms with E-state index in [-0.39, 0.29) is 11.8 Å². The van der Waals surface area contributed by atoms with Crippen LogP contribution in [-0.2, 0) is 10.3 Å². The van der Waals surface area contributed by atoms with Crippen LogP contribution in [0.5, 0.6) is 11.5 Å². The molecule has 0 saturated carbocycles. The summed E-state index contributed by atoms with van der Waals surface area (Å²) >= 11 is 0. The van der Waals surface area contributed by atoms with Crippen molar-refractivity contribution in [3.63, 3.8) is 0 Å². The van der Waals surface area contributed by atoms with Crippen LogP contribution in [0.15, 0.2) is 103 Å². The van der Waals surface area contributed by atoms with Crippen LogP contribution in [0.2, 0.25) is 0 Å². The van der Waals surface area contributed by atoms with Crippen molar-refractivity contribution in [3.05, 3.63) is 131 Å². The fourth-order valence-electron chi connectivity index (χ4n) is 5.11. The number of fused-ring (bicyclic) bond motifs is 1. The molecule has 0 fully saturated rings. The molecule has 198 valence electrons.